The lowest BCUT2D eigenvalue weighted by Gasteiger charge is -2.14. The molecule has 0 aliphatic rings. The van der Waals surface area contributed by atoms with Crippen molar-refractivity contribution in [2.75, 3.05) is 19.0 Å². The van der Waals surface area contributed by atoms with E-state index in [-0.39, 0.29) is 36.1 Å². The third-order valence-corrected chi connectivity index (χ3v) is 5.04. The molecule has 1 heterocycles. The number of methoxy groups -OCH3 is 1. The first-order valence-electron chi connectivity index (χ1n) is 9.25. The summed E-state index contributed by atoms with van der Waals surface area (Å²) in [6.45, 7) is 1.90. The monoisotopic (exact) mass is 426 g/mol. The van der Waals surface area contributed by atoms with Crippen LogP contribution < -0.4 is 15.4 Å². The van der Waals surface area contributed by atoms with Crippen LogP contribution in [-0.4, -0.2) is 35.7 Å². The molecule has 0 saturated carbocycles. The van der Waals surface area contributed by atoms with Crippen LogP contribution in [0.1, 0.15) is 33.3 Å². The number of benzene rings is 2. The van der Waals surface area contributed by atoms with E-state index in [9.17, 15) is 9.59 Å². The maximum atomic E-state index is 12.3. The van der Waals surface area contributed by atoms with Crippen LogP contribution in [0.25, 0.3) is 0 Å². The highest BCUT2D eigenvalue weighted by atomic mass is 32.1. The zero-order valence-corrected chi connectivity index (χ0v) is 17.4. The quantitative estimate of drug-likeness (QED) is 0.545. The number of amides is 2. The van der Waals surface area contributed by atoms with Crippen LogP contribution in [0.2, 0.25) is 0 Å². The fourth-order valence-electron chi connectivity index (χ4n) is 2.60. The molecule has 1 atom stereocenters. The molecule has 9 heteroatoms. The maximum Gasteiger partial charge on any atom is 0.286 e. The van der Waals surface area contributed by atoms with E-state index in [0.717, 1.165) is 16.9 Å². The fraction of sp³-hybridized carbons (Fsp3) is 0.238. The molecule has 0 unspecified atom stereocenters. The van der Waals surface area contributed by atoms with Gasteiger partial charge in [-0.25, -0.2) is 0 Å². The molecule has 2 N–H and O–H groups in total. The Labute approximate surface area is 178 Å². The SMILES string of the molecule is COc1ccc(NC(=O)c2nnc(COCC(=O)N[C@H](C)c3ccccc3)s2)cc1. The summed E-state index contributed by atoms with van der Waals surface area (Å²) < 4.78 is 10.5. The normalized spacial score (nSPS) is 11.5. The summed E-state index contributed by atoms with van der Waals surface area (Å²) in [5.74, 6) is 0.109. The van der Waals surface area contributed by atoms with Gasteiger partial charge in [-0.05, 0) is 36.8 Å². The van der Waals surface area contributed by atoms with Crippen molar-refractivity contribution >= 4 is 28.8 Å². The van der Waals surface area contributed by atoms with E-state index in [0.29, 0.717) is 16.4 Å². The number of aromatic nitrogens is 2. The molecular weight excluding hydrogens is 404 g/mol. The number of ether oxygens (including phenoxy) is 2. The molecule has 0 saturated heterocycles. The largest absolute Gasteiger partial charge is 0.497 e. The van der Waals surface area contributed by atoms with Gasteiger partial charge in [0, 0.05) is 5.69 Å². The van der Waals surface area contributed by atoms with Gasteiger partial charge in [-0.1, -0.05) is 41.7 Å². The van der Waals surface area contributed by atoms with Gasteiger partial charge in [0.05, 0.1) is 13.2 Å². The van der Waals surface area contributed by atoms with Gasteiger partial charge in [0.2, 0.25) is 10.9 Å². The van der Waals surface area contributed by atoms with Crippen molar-refractivity contribution in [3.8, 4) is 5.75 Å². The third kappa shape index (κ3) is 6.10. The topological polar surface area (TPSA) is 102 Å². The summed E-state index contributed by atoms with van der Waals surface area (Å²) in [5.41, 5.74) is 1.64. The van der Waals surface area contributed by atoms with E-state index in [1.165, 1.54) is 0 Å². The molecule has 0 radical (unpaired) electrons. The van der Waals surface area contributed by atoms with Gasteiger partial charge in [-0.15, -0.1) is 10.2 Å². The molecule has 8 nitrogen and oxygen atoms in total. The zero-order chi connectivity index (χ0) is 21.3. The van der Waals surface area contributed by atoms with Crippen LogP contribution in [0.3, 0.4) is 0 Å². The van der Waals surface area contributed by atoms with Crippen molar-refractivity contribution in [2.45, 2.75) is 19.6 Å². The molecule has 0 fully saturated rings. The first-order valence-corrected chi connectivity index (χ1v) is 10.1. The number of rotatable bonds is 9. The number of nitrogens with one attached hydrogen (secondary N) is 2. The Kier molecular flexibility index (Phi) is 7.47. The highest BCUT2D eigenvalue weighted by molar-refractivity contribution is 7.13. The highest BCUT2D eigenvalue weighted by Crippen LogP contribution is 2.17. The van der Waals surface area contributed by atoms with Crippen LogP contribution in [0.5, 0.6) is 5.75 Å². The summed E-state index contributed by atoms with van der Waals surface area (Å²) in [5, 5.41) is 14.2. The lowest BCUT2D eigenvalue weighted by molar-refractivity contribution is -0.126. The lowest BCUT2D eigenvalue weighted by atomic mass is 10.1. The van der Waals surface area contributed by atoms with Gasteiger partial charge in [-0.3, -0.25) is 9.59 Å². The molecule has 3 rings (SSSR count). The van der Waals surface area contributed by atoms with Gasteiger partial charge >= 0.3 is 0 Å². The molecule has 3 aromatic rings. The second-order valence-electron chi connectivity index (χ2n) is 6.38. The van der Waals surface area contributed by atoms with Crippen LogP contribution in [0.4, 0.5) is 5.69 Å². The minimum Gasteiger partial charge on any atom is -0.497 e. The van der Waals surface area contributed by atoms with E-state index in [1.807, 2.05) is 37.3 Å². The van der Waals surface area contributed by atoms with Gasteiger partial charge in [0.1, 0.15) is 24.0 Å². The van der Waals surface area contributed by atoms with Gasteiger partial charge < -0.3 is 20.1 Å². The minimum atomic E-state index is -0.363. The van der Waals surface area contributed by atoms with Crippen molar-refractivity contribution in [2.24, 2.45) is 0 Å². The van der Waals surface area contributed by atoms with Gasteiger partial charge in [0.15, 0.2) is 0 Å². The predicted octanol–water partition coefficient (Wildman–Crippen LogP) is 3.19. The van der Waals surface area contributed by atoms with Crippen molar-refractivity contribution in [1.82, 2.24) is 15.5 Å². The molecule has 0 spiro atoms. The minimum absolute atomic E-state index is 0.0978. The van der Waals surface area contributed by atoms with E-state index >= 15 is 0 Å². The number of hydrogen-bond acceptors (Lipinski definition) is 7. The molecule has 2 amide bonds. The third-order valence-electron chi connectivity index (χ3n) is 4.14. The molecule has 30 heavy (non-hydrogen) atoms. The Morgan fingerprint density at radius 2 is 1.80 bits per heavy atom. The second-order valence-corrected chi connectivity index (χ2v) is 7.44. The van der Waals surface area contributed by atoms with Crippen LogP contribution in [0.15, 0.2) is 54.6 Å². The average molecular weight is 426 g/mol. The molecular formula is C21H22N4O4S. The maximum absolute atomic E-state index is 12.3. The second kappa shape index (κ2) is 10.5. The van der Waals surface area contributed by atoms with Crippen molar-refractivity contribution in [1.29, 1.82) is 0 Å². The standard InChI is InChI=1S/C21H22N4O4S/c1-14(15-6-4-3-5-7-15)22-18(26)12-29-13-19-24-25-21(30-19)20(27)23-16-8-10-17(28-2)11-9-16/h3-11,14H,12-13H2,1-2H3,(H,22,26)(H,23,27)/t14-/m1/s1. The fourth-order valence-corrected chi connectivity index (χ4v) is 3.27. The van der Waals surface area contributed by atoms with Crippen LogP contribution >= 0.6 is 11.3 Å². The zero-order valence-electron chi connectivity index (χ0n) is 16.6. The van der Waals surface area contributed by atoms with Gasteiger partial charge in [-0.2, -0.15) is 0 Å². The molecule has 0 aliphatic carbocycles. The van der Waals surface area contributed by atoms with Crippen molar-refractivity contribution < 1.29 is 19.1 Å². The Morgan fingerprint density at radius 3 is 2.50 bits per heavy atom. The number of carbonyl (C=O) groups excluding carboxylic acids is 2. The van der Waals surface area contributed by atoms with E-state index in [1.54, 1.807) is 31.4 Å². The predicted molar refractivity (Wildman–Crippen MR) is 114 cm³/mol. The Bertz CT molecular complexity index is 976. The summed E-state index contributed by atoms with van der Waals surface area (Å²) >= 11 is 1.11. The lowest BCUT2D eigenvalue weighted by Crippen LogP contribution is -2.30. The molecule has 156 valence electrons. The summed E-state index contributed by atoms with van der Waals surface area (Å²) in [6.07, 6.45) is 0. The number of carbonyl (C=O) groups is 2. The molecule has 0 bridgehead atoms. The summed E-state index contributed by atoms with van der Waals surface area (Å²) in [6, 6.07) is 16.5. The smallest absolute Gasteiger partial charge is 0.286 e. The Balaban J connectivity index is 1.43. The van der Waals surface area contributed by atoms with Crippen LogP contribution in [-0.2, 0) is 16.1 Å². The molecule has 1 aromatic heterocycles. The number of nitrogens with zero attached hydrogens (tertiary/aromatic N) is 2. The highest BCUT2D eigenvalue weighted by Gasteiger charge is 2.14. The van der Waals surface area contributed by atoms with E-state index < -0.39 is 0 Å². The number of anilines is 1. The average Bonchev–Trinajstić information content (AvgIpc) is 3.24. The Morgan fingerprint density at radius 1 is 1.07 bits per heavy atom. The number of hydrogen-bond donors (Lipinski definition) is 2. The van der Waals surface area contributed by atoms with Crippen molar-refractivity contribution in [3.05, 3.63) is 70.2 Å². The first-order chi connectivity index (χ1) is 14.5. The first kappa shape index (κ1) is 21.4. The molecule has 0 aliphatic heterocycles. The Hall–Kier alpha value is -3.30. The van der Waals surface area contributed by atoms with Crippen molar-refractivity contribution in [3.63, 3.8) is 0 Å². The summed E-state index contributed by atoms with van der Waals surface area (Å²) in [7, 11) is 1.58. The van der Waals surface area contributed by atoms with E-state index in [2.05, 4.69) is 20.8 Å². The summed E-state index contributed by atoms with van der Waals surface area (Å²) in [4.78, 5) is 24.3. The van der Waals surface area contributed by atoms with E-state index in [4.69, 9.17) is 9.47 Å². The molecule has 2 aromatic carbocycles. The van der Waals surface area contributed by atoms with Crippen LogP contribution in [0, 0.1) is 0 Å². The van der Waals surface area contributed by atoms with Gasteiger partial charge in [0.25, 0.3) is 5.91 Å².